The molecule has 0 spiro atoms. The molecule has 0 atom stereocenters. The van der Waals surface area contributed by atoms with Gasteiger partial charge in [-0.1, -0.05) is 12.1 Å². The van der Waals surface area contributed by atoms with Crippen LogP contribution in [0.25, 0.3) is 11.3 Å². The molecule has 2 aromatic rings. The van der Waals surface area contributed by atoms with Crippen molar-refractivity contribution in [3.8, 4) is 11.3 Å². The van der Waals surface area contributed by atoms with E-state index in [2.05, 4.69) is 11.1 Å². The van der Waals surface area contributed by atoms with Crippen molar-refractivity contribution in [1.82, 2.24) is 4.98 Å². The lowest BCUT2D eigenvalue weighted by molar-refractivity contribution is 0.0697. The third-order valence-corrected chi connectivity index (χ3v) is 3.16. The van der Waals surface area contributed by atoms with Gasteiger partial charge in [-0.3, -0.25) is 4.98 Å². The van der Waals surface area contributed by atoms with Gasteiger partial charge in [-0.15, -0.1) is 0 Å². The molecule has 0 unspecified atom stereocenters. The van der Waals surface area contributed by atoms with Gasteiger partial charge in [0.2, 0.25) is 0 Å². The summed E-state index contributed by atoms with van der Waals surface area (Å²) in [7, 11) is 0. The van der Waals surface area contributed by atoms with E-state index in [1.54, 1.807) is 18.3 Å². The maximum absolute atomic E-state index is 10.9. The highest BCUT2D eigenvalue weighted by molar-refractivity contribution is 5.89. The Kier molecular flexibility index (Phi) is 2.18. The van der Waals surface area contributed by atoms with Crippen molar-refractivity contribution in [2.45, 2.75) is 12.8 Å². The normalized spacial score (nSPS) is 12.7. The van der Waals surface area contributed by atoms with Gasteiger partial charge in [-0.25, -0.2) is 4.79 Å². The Hall–Kier alpha value is -2.16. The van der Waals surface area contributed by atoms with Crippen LogP contribution in [-0.2, 0) is 12.8 Å². The second-order valence-corrected chi connectivity index (χ2v) is 4.19. The molecule has 3 heteroatoms. The summed E-state index contributed by atoms with van der Waals surface area (Å²) < 4.78 is 0. The summed E-state index contributed by atoms with van der Waals surface area (Å²) in [6.07, 6.45) is 3.59. The molecule has 1 aliphatic rings. The fourth-order valence-corrected chi connectivity index (χ4v) is 2.32. The highest BCUT2D eigenvalue weighted by Gasteiger charge is 2.17. The SMILES string of the molecule is O=C(O)c1ccc2c(c1)CCc1cccnc1-2. The third-order valence-electron chi connectivity index (χ3n) is 3.16. The summed E-state index contributed by atoms with van der Waals surface area (Å²) in [4.78, 5) is 15.3. The zero-order valence-electron chi connectivity index (χ0n) is 9.18. The first-order valence-corrected chi connectivity index (χ1v) is 5.56. The van der Waals surface area contributed by atoms with Crippen LogP contribution in [0.2, 0.25) is 0 Å². The minimum atomic E-state index is -0.875. The Morgan fingerprint density at radius 1 is 1.18 bits per heavy atom. The number of nitrogens with zero attached hydrogens (tertiary/aromatic N) is 1. The molecule has 0 saturated heterocycles. The Balaban J connectivity index is 2.18. The van der Waals surface area contributed by atoms with Crippen molar-refractivity contribution in [3.05, 3.63) is 53.2 Å². The van der Waals surface area contributed by atoms with E-state index >= 15 is 0 Å². The molecule has 1 aliphatic carbocycles. The Morgan fingerprint density at radius 3 is 2.82 bits per heavy atom. The van der Waals surface area contributed by atoms with Crippen LogP contribution in [0.15, 0.2) is 36.5 Å². The molecule has 0 fully saturated rings. The van der Waals surface area contributed by atoms with Crippen LogP contribution in [0.3, 0.4) is 0 Å². The van der Waals surface area contributed by atoms with E-state index in [-0.39, 0.29) is 0 Å². The molecule has 1 aromatic carbocycles. The monoisotopic (exact) mass is 225 g/mol. The van der Waals surface area contributed by atoms with Crippen molar-refractivity contribution >= 4 is 5.97 Å². The molecule has 0 bridgehead atoms. The second-order valence-electron chi connectivity index (χ2n) is 4.19. The molecule has 17 heavy (non-hydrogen) atoms. The van der Waals surface area contributed by atoms with Gasteiger partial charge in [-0.2, -0.15) is 0 Å². The number of hydrogen-bond acceptors (Lipinski definition) is 2. The Morgan fingerprint density at radius 2 is 2.00 bits per heavy atom. The lowest BCUT2D eigenvalue weighted by Crippen LogP contribution is -2.07. The Bertz CT molecular complexity index is 605. The number of carboxylic acids is 1. The third kappa shape index (κ3) is 1.60. The quantitative estimate of drug-likeness (QED) is 0.811. The number of benzene rings is 1. The van der Waals surface area contributed by atoms with Gasteiger partial charge >= 0.3 is 5.97 Å². The van der Waals surface area contributed by atoms with Crippen LogP contribution in [0.5, 0.6) is 0 Å². The van der Waals surface area contributed by atoms with Crippen LogP contribution in [0.4, 0.5) is 0 Å². The first kappa shape index (κ1) is 10.0. The molecule has 1 heterocycles. The molecule has 3 nitrogen and oxygen atoms in total. The number of rotatable bonds is 1. The number of carboxylic acid groups (broad SMARTS) is 1. The van der Waals surface area contributed by atoms with Crippen LogP contribution in [0, 0.1) is 0 Å². The maximum atomic E-state index is 10.9. The number of aromatic carboxylic acids is 1. The summed E-state index contributed by atoms with van der Waals surface area (Å²) in [5, 5.41) is 8.97. The molecular formula is C14H11NO2. The van der Waals surface area contributed by atoms with E-state index in [1.165, 1.54) is 5.56 Å². The number of carbonyl (C=O) groups is 1. The summed E-state index contributed by atoms with van der Waals surface area (Å²) in [5.41, 5.74) is 4.73. The maximum Gasteiger partial charge on any atom is 0.335 e. The van der Waals surface area contributed by atoms with E-state index < -0.39 is 5.97 Å². The molecule has 3 rings (SSSR count). The van der Waals surface area contributed by atoms with Gasteiger partial charge in [0.15, 0.2) is 0 Å². The Labute approximate surface area is 98.8 Å². The molecule has 0 aliphatic heterocycles. The smallest absolute Gasteiger partial charge is 0.335 e. The number of aromatic nitrogens is 1. The minimum absolute atomic E-state index is 0.350. The van der Waals surface area contributed by atoms with Gasteiger partial charge in [-0.05, 0) is 42.2 Å². The van der Waals surface area contributed by atoms with Gasteiger partial charge in [0, 0.05) is 11.8 Å². The van der Waals surface area contributed by atoms with Crippen molar-refractivity contribution in [3.63, 3.8) is 0 Å². The number of aryl methyl sites for hydroxylation is 2. The van der Waals surface area contributed by atoms with Crippen LogP contribution in [0.1, 0.15) is 21.5 Å². The molecule has 0 radical (unpaired) electrons. The van der Waals surface area contributed by atoms with Crippen molar-refractivity contribution in [2.24, 2.45) is 0 Å². The van der Waals surface area contributed by atoms with Gasteiger partial charge in [0.05, 0.1) is 11.3 Å². The minimum Gasteiger partial charge on any atom is -0.478 e. The highest BCUT2D eigenvalue weighted by Crippen LogP contribution is 2.31. The van der Waals surface area contributed by atoms with E-state index in [0.717, 1.165) is 29.7 Å². The summed E-state index contributed by atoms with van der Waals surface area (Å²) in [6.45, 7) is 0. The van der Waals surface area contributed by atoms with E-state index in [4.69, 9.17) is 5.11 Å². The van der Waals surface area contributed by atoms with Crippen molar-refractivity contribution in [1.29, 1.82) is 0 Å². The molecule has 84 valence electrons. The lowest BCUT2D eigenvalue weighted by atomic mass is 9.88. The fourth-order valence-electron chi connectivity index (χ4n) is 2.32. The second kappa shape index (κ2) is 3.70. The first-order chi connectivity index (χ1) is 8.25. The number of fused-ring (bicyclic) bond motifs is 3. The van der Waals surface area contributed by atoms with Crippen molar-refractivity contribution in [2.75, 3.05) is 0 Å². The zero-order valence-corrected chi connectivity index (χ0v) is 9.18. The number of pyridine rings is 1. The standard InChI is InChI=1S/C14H11NO2/c16-14(17)11-5-6-12-10(8-11)4-3-9-2-1-7-15-13(9)12/h1-2,5-8H,3-4H2,(H,16,17). The average Bonchev–Trinajstić information content (AvgIpc) is 2.38. The largest absolute Gasteiger partial charge is 0.478 e. The average molecular weight is 225 g/mol. The molecule has 1 N–H and O–H groups in total. The topological polar surface area (TPSA) is 50.2 Å². The number of hydrogen-bond donors (Lipinski definition) is 1. The van der Waals surface area contributed by atoms with E-state index in [0.29, 0.717) is 5.56 Å². The lowest BCUT2D eigenvalue weighted by Gasteiger charge is -2.18. The predicted octanol–water partition coefficient (Wildman–Crippen LogP) is 2.55. The predicted molar refractivity (Wildman–Crippen MR) is 64.0 cm³/mol. The molecule has 0 saturated carbocycles. The molecule has 0 amide bonds. The van der Waals surface area contributed by atoms with Crippen molar-refractivity contribution < 1.29 is 9.90 Å². The van der Waals surface area contributed by atoms with Gasteiger partial charge in [0.1, 0.15) is 0 Å². The van der Waals surface area contributed by atoms with Crippen LogP contribution < -0.4 is 0 Å². The highest BCUT2D eigenvalue weighted by atomic mass is 16.4. The zero-order chi connectivity index (χ0) is 11.8. The van der Waals surface area contributed by atoms with E-state index in [9.17, 15) is 4.79 Å². The molecule has 1 aromatic heterocycles. The summed E-state index contributed by atoms with van der Waals surface area (Å²) in [6, 6.07) is 9.29. The van der Waals surface area contributed by atoms with Crippen LogP contribution in [-0.4, -0.2) is 16.1 Å². The summed E-state index contributed by atoms with van der Waals surface area (Å²) >= 11 is 0. The fraction of sp³-hybridized carbons (Fsp3) is 0.143. The van der Waals surface area contributed by atoms with Crippen LogP contribution >= 0.6 is 0 Å². The van der Waals surface area contributed by atoms with Gasteiger partial charge in [0.25, 0.3) is 0 Å². The molecular weight excluding hydrogens is 214 g/mol. The first-order valence-electron chi connectivity index (χ1n) is 5.56. The van der Waals surface area contributed by atoms with E-state index in [1.807, 2.05) is 12.1 Å². The summed E-state index contributed by atoms with van der Waals surface area (Å²) in [5.74, 6) is -0.875. The van der Waals surface area contributed by atoms with Gasteiger partial charge < -0.3 is 5.11 Å².